The van der Waals surface area contributed by atoms with Crippen LogP contribution in [0.25, 0.3) is 0 Å². The van der Waals surface area contributed by atoms with E-state index in [4.69, 9.17) is 21.6 Å². The Morgan fingerprint density at radius 3 is 2.33 bits per heavy atom. The highest BCUT2D eigenvalue weighted by Gasteiger charge is 2.32. The van der Waals surface area contributed by atoms with Gasteiger partial charge in [0, 0.05) is 30.7 Å². The lowest BCUT2D eigenvalue weighted by Gasteiger charge is -2.45. The number of methoxy groups -OCH3 is 1. The molecule has 0 spiro atoms. The zero-order valence-electron chi connectivity index (χ0n) is 18.7. The predicted octanol–water partition coefficient (Wildman–Crippen LogP) is 5.72. The fourth-order valence-electron chi connectivity index (χ4n) is 4.44. The van der Waals surface area contributed by atoms with Gasteiger partial charge < -0.3 is 9.64 Å². The molecule has 0 saturated carbocycles. The van der Waals surface area contributed by atoms with E-state index in [2.05, 4.69) is 41.0 Å². The molecule has 0 radical (unpaired) electrons. The number of anilines is 1. The molecule has 5 nitrogen and oxygen atoms in total. The highest BCUT2D eigenvalue weighted by atomic mass is 35.5. The van der Waals surface area contributed by atoms with Gasteiger partial charge >= 0.3 is 0 Å². The van der Waals surface area contributed by atoms with Crippen LogP contribution in [0.15, 0.2) is 66.7 Å². The first-order valence-electron chi connectivity index (χ1n) is 10.9. The lowest BCUT2D eigenvalue weighted by molar-refractivity contribution is 0.171. The number of nitrogens with zero attached hydrogens (tertiary/aromatic N) is 4. The minimum absolute atomic E-state index is 0.0531. The third kappa shape index (κ3) is 4.81. The molecular formula is C27H25ClN4O. The number of hydrogen-bond donors (Lipinski definition) is 0. The van der Waals surface area contributed by atoms with Gasteiger partial charge in [-0.05, 0) is 60.5 Å². The van der Waals surface area contributed by atoms with Crippen molar-refractivity contribution in [2.45, 2.75) is 19.0 Å². The second-order valence-electron chi connectivity index (χ2n) is 8.16. The second-order valence-corrected chi connectivity index (χ2v) is 8.60. The van der Waals surface area contributed by atoms with Crippen LogP contribution in [0.4, 0.5) is 5.69 Å². The second kappa shape index (κ2) is 9.96. The average molecular weight is 457 g/mol. The van der Waals surface area contributed by atoms with Gasteiger partial charge in [0.15, 0.2) is 0 Å². The number of piperazine rings is 1. The Bertz CT molecular complexity index is 1190. The van der Waals surface area contributed by atoms with Crippen LogP contribution in [0.5, 0.6) is 5.75 Å². The summed E-state index contributed by atoms with van der Waals surface area (Å²) in [5, 5.41) is 19.6. The minimum atomic E-state index is 0.0531. The molecule has 1 aliphatic heterocycles. The van der Waals surface area contributed by atoms with E-state index in [1.807, 2.05) is 48.5 Å². The van der Waals surface area contributed by atoms with Crippen molar-refractivity contribution in [1.82, 2.24) is 4.90 Å². The van der Waals surface area contributed by atoms with Gasteiger partial charge in [-0.1, -0.05) is 35.9 Å². The van der Waals surface area contributed by atoms with E-state index in [1.54, 1.807) is 13.2 Å². The zero-order valence-corrected chi connectivity index (χ0v) is 19.5. The van der Waals surface area contributed by atoms with E-state index >= 15 is 0 Å². The quantitative estimate of drug-likeness (QED) is 0.491. The fraction of sp³-hybridized carbons (Fsp3) is 0.259. The van der Waals surface area contributed by atoms with Gasteiger partial charge in [0.25, 0.3) is 0 Å². The molecular weight excluding hydrogens is 432 g/mol. The molecule has 1 fully saturated rings. The van der Waals surface area contributed by atoms with Gasteiger partial charge in [0.2, 0.25) is 0 Å². The van der Waals surface area contributed by atoms with Gasteiger partial charge in [-0.15, -0.1) is 0 Å². The predicted molar refractivity (Wildman–Crippen MR) is 130 cm³/mol. The van der Waals surface area contributed by atoms with E-state index in [0.29, 0.717) is 21.9 Å². The van der Waals surface area contributed by atoms with E-state index < -0.39 is 0 Å². The molecule has 0 aliphatic carbocycles. The summed E-state index contributed by atoms with van der Waals surface area (Å²) in [6.45, 7) is 4.61. The molecule has 0 unspecified atom stereocenters. The molecule has 6 heteroatoms. The SMILES string of the molecule is COc1ccc(N2CCN([C@H](C)c3ccc(C#N)cc3)C[C@H]2c2ccc(Cl)cc2)c(C#N)c1. The molecule has 3 aromatic rings. The van der Waals surface area contributed by atoms with Crippen LogP contribution in [-0.4, -0.2) is 31.6 Å². The Balaban J connectivity index is 1.67. The number of halogens is 1. The molecule has 0 aromatic heterocycles. The minimum Gasteiger partial charge on any atom is -0.497 e. The summed E-state index contributed by atoms with van der Waals surface area (Å²) in [5.74, 6) is 0.673. The highest BCUT2D eigenvalue weighted by Crippen LogP contribution is 2.37. The summed E-state index contributed by atoms with van der Waals surface area (Å²) < 4.78 is 5.33. The Hall–Kier alpha value is -3.51. The first-order valence-corrected chi connectivity index (χ1v) is 11.3. The number of hydrogen-bond acceptors (Lipinski definition) is 5. The van der Waals surface area contributed by atoms with Crippen molar-refractivity contribution in [3.05, 3.63) is 94.0 Å². The van der Waals surface area contributed by atoms with Crippen LogP contribution in [0, 0.1) is 22.7 Å². The summed E-state index contributed by atoms with van der Waals surface area (Å²) in [5.41, 5.74) is 4.50. The first-order chi connectivity index (χ1) is 16.0. The van der Waals surface area contributed by atoms with Crippen LogP contribution < -0.4 is 9.64 Å². The van der Waals surface area contributed by atoms with Crippen molar-refractivity contribution in [2.24, 2.45) is 0 Å². The molecule has 166 valence electrons. The summed E-state index contributed by atoms with van der Waals surface area (Å²) in [7, 11) is 1.61. The third-order valence-electron chi connectivity index (χ3n) is 6.37. The Morgan fingerprint density at radius 1 is 0.970 bits per heavy atom. The zero-order chi connectivity index (χ0) is 23.4. The van der Waals surface area contributed by atoms with Crippen molar-refractivity contribution in [3.8, 4) is 17.9 Å². The van der Waals surface area contributed by atoms with Crippen LogP contribution >= 0.6 is 11.6 Å². The maximum Gasteiger partial charge on any atom is 0.120 e. The van der Waals surface area contributed by atoms with E-state index in [-0.39, 0.29) is 12.1 Å². The van der Waals surface area contributed by atoms with Gasteiger partial charge in [-0.25, -0.2) is 0 Å². The van der Waals surface area contributed by atoms with Crippen molar-refractivity contribution >= 4 is 17.3 Å². The highest BCUT2D eigenvalue weighted by molar-refractivity contribution is 6.30. The van der Waals surface area contributed by atoms with Crippen LogP contribution in [-0.2, 0) is 0 Å². The average Bonchev–Trinajstić information content (AvgIpc) is 2.88. The van der Waals surface area contributed by atoms with Gasteiger partial charge in [0.05, 0.1) is 36.0 Å². The molecule has 4 rings (SSSR count). The van der Waals surface area contributed by atoms with Gasteiger partial charge in [-0.3, -0.25) is 4.90 Å². The van der Waals surface area contributed by atoms with Gasteiger partial charge in [0.1, 0.15) is 11.8 Å². The Labute approximate surface area is 200 Å². The lowest BCUT2D eigenvalue weighted by Crippen LogP contribution is -2.49. The van der Waals surface area contributed by atoms with Crippen molar-refractivity contribution in [3.63, 3.8) is 0 Å². The Morgan fingerprint density at radius 2 is 1.70 bits per heavy atom. The molecule has 1 aliphatic rings. The number of rotatable bonds is 5. The molecule has 1 saturated heterocycles. The molecule has 1 heterocycles. The van der Waals surface area contributed by atoms with E-state index in [1.165, 1.54) is 5.56 Å². The lowest BCUT2D eigenvalue weighted by atomic mass is 9.97. The molecule has 0 N–H and O–H groups in total. The molecule has 0 bridgehead atoms. The number of ether oxygens (including phenoxy) is 1. The molecule has 33 heavy (non-hydrogen) atoms. The first kappa shape index (κ1) is 22.7. The number of benzene rings is 3. The van der Waals surface area contributed by atoms with E-state index in [9.17, 15) is 5.26 Å². The topological polar surface area (TPSA) is 63.3 Å². The fourth-order valence-corrected chi connectivity index (χ4v) is 4.57. The van der Waals surface area contributed by atoms with Crippen LogP contribution in [0.2, 0.25) is 5.02 Å². The summed E-state index contributed by atoms with van der Waals surface area (Å²) in [4.78, 5) is 4.76. The summed E-state index contributed by atoms with van der Waals surface area (Å²) >= 11 is 6.17. The molecule has 3 aromatic carbocycles. The molecule has 2 atom stereocenters. The van der Waals surface area contributed by atoms with Crippen molar-refractivity contribution in [2.75, 3.05) is 31.6 Å². The van der Waals surface area contributed by atoms with Crippen LogP contribution in [0.1, 0.15) is 41.3 Å². The van der Waals surface area contributed by atoms with Crippen molar-refractivity contribution < 1.29 is 4.74 Å². The van der Waals surface area contributed by atoms with Crippen LogP contribution in [0.3, 0.4) is 0 Å². The molecule has 0 amide bonds. The standard InChI is InChI=1S/C27H25ClN4O/c1-19(21-5-3-20(16-29)4-6-21)31-13-14-32(26-12-11-25(33-2)15-23(26)17-30)27(18-31)22-7-9-24(28)10-8-22/h3-12,15,19,27H,13-14,18H2,1-2H3/t19-,27+/m1/s1. The summed E-state index contributed by atoms with van der Waals surface area (Å²) in [6, 6.07) is 26.2. The van der Waals surface area contributed by atoms with Crippen molar-refractivity contribution in [1.29, 1.82) is 10.5 Å². The largest absolute Gasteiger partial charge is 0.497 e. The number of nitriles is 2. The third-order valence-corrected chi connectivity index (χ3v) is 6.62. The maximum absolute atomic E-state index is 9.81. The van der Waals surface area contributed by atoms with Gasteiger partial charge in [-0.2, -0.15) is 10.5 Å². The smallest absolute Gasteiger partial charge is 0.120 e. The Kier molecular flexibility index (Phi) is 6.84. The normalized spacial score (nSPS) is 17.1. The monoisotopic (exact) mass is 456 g/mol. The maximum atomic E-state index is 9.81. The van der Waals surface area contributed by atoms with E-state index in [0.717, 1.165) is 30.9 Å². The summed E-state index contributed by atoms with van der Waals surface area (Å²) in [6.07, 6.45) is 0.